The highest BCUT2D eigenvalue weighted by Gasteiger charge is 2.47. The number of aryl methyl sites for hydroxylation is 1. The predicted octanol–water partition coefficient (Wildman–Crippen LogP) is 1.78. The molecule has 15 heteroatoms. The lowest BCUT2D eigenvalue weighted by molar-refractivity contribution is -0.141. The fourth-order valence-corrected chi connectivity index (χ4v) is 5.37. The van der Waals surface area contributed by atoms with Crippen molar-refractivity contribution in [2.24, 2.45) is 7.05 Å². The Morgan fingerprint density at radius 1 is 1.12 bits per heavy atom. The first-order chi connectivity index (χ1) is 15.3. The summed E-state index contributed by atoms with van der Waals surface area (Å²) in [5.41, 5.74) is -1.21. The number of sulfonamides is 1. The molecular formula is C18H21F5N6O3S. The molecule has 2 aliphatic heterocycles. The van der Waals surface area contributed by atoms with Crippen LogP contribution in [0.25, 0.3) is 0 Å². The van der Waals surface area contributed by atoms with Gasteiger partial charge in [0, 0.05) is 51.8 Å². The van der Waals surface area contributed by atoms with Crippen LogP contribution in [0.3, 0.4) is 0 Å². The number of likely N-dealkylation sites (tertiary alicyclic amines) is 1. The summed E-state index contributed by atoms with van der Waals surface area (Å²) in [5.74, 6) is -3.20. The zero-order valence-corrected chi connectivity index (χ0v) is 18.2. The van der Waals surface area contributed by atoms with Crippen molar-refractivity contribution in [3.63, 3.8) is 0 Å². The summed E-state index contributed by atoms with van der Waals surface area (Å²) in [6.45, 7) is -0.312. The predicted molar refractivity (Wildman–Crippen MR) is 103 cm³/mol. The number of halogens is 5. The van der Waals surface area contributed by atoms with Crippen molar-refractivity contribution in [2.45, 2.75) is 42.1 Å². The van der Waals surface area contributed by atoms with Gasteiger partial charge in [0.2, 0.25) is 5.88 Å². The molecule has 0 bridgehead atoms. The molecule has 33 heavy (non-hydrogen) atoms. The Hall–Kier alpha value is -2.39. The molecule has 4 rings (SSSR count). The van der Waals surface area contributed by atoms with E-state index in [0.29, 0.717) is 12.4 Å². The summed E-state index contributed by atoms with van der Waals surface area (Å²) in [4.78, 5) is 12.4. The summed E-state index contributed by atoms with van der Waals surface area (Å²) in [6, 6.07) is -0.0407. The van der Waals surface area contributed by atoms with Crippen molar-refractivity contribution >= 4 is 10.0 Å². The first-order valence-electron chi connectivity index (χ1n) is 10.0. The van der Waals surface area contributed by atoms with E-state index in [-0.39, 0.29) is 37.1 Å². The number of nitrogens with zero attached hydrogens (tertiary/aromatic N) is 6. The van der Waals surface area contributed by atoms with Gasteiger partial charge in [-0.05, 0) is 0 Å². The molecule has 0 N–H and O–H groups in total. The second kappa shape index (κ2) is 8.43. The average Bonchev–Trinajstić information content (AvgIpc) is 3.35. The normalized spacial score (nSPS) is 24.8. The fraction of sp³-hybridized carbons (Fsp3) is 0.611. The standard InChI is InChI=1S/C18H21F5N6O3S/c1-27-9-16(26-11-27)33(30,31)29-7-12(28-4-2-17(19,20)3-5-28)13(8-29)32-15-6-14(18(21,22)23)24-10-25-15/h6,9-13H,2-5,7-8H2,1H3/t12-,13-/m0/s1. The molecule has 2 fully saturated rings. The molecule has 4 heterocycles. The lowest BCUT2D eigenvalue weighted by atomic mass is 10.0. The van der Waals surface area contributed by atoms with Gasteiger partial charge in [0.05, 0.1) is 18.9 Å². The number of alkyl halides is 5. The topological polar surface area (TPSA) is 93.5 Å². The first kappa shape index (κ1) is 23.8. The van der Waals surface area contributed by atoms with Gasteiger partial charge in [0.15, 0.2) is 10.7 Å². The minimum Gasteiger partial charge on any atom is -0.471 e. The van der Waals surface area contributed by atoms with Gasteiger partial charge in [0.25, 0.3) is 15.9 Å². The maximum atomic E-state index is 13.7. The third-order valence-electron chi connectivity index (χ3n) is 5.69. The second-order valence-corrected chi connectivity index (χ2v) is 9.94. The molecule has 9 nitrogen and oxygen atoms in total. The number of rotatable bonds is 5. The highest BCUT2D eigenvalue weighted by Crippen LogP contribution is 2.33. The molecule has 0 saturated carbocycles. The van der Waals surface area contributed by atoms with Gasteiger partial charge in [-0.15, -0.1) is 0 Å². The maximum Gasteiger partial charge on any atom is 0.433 e. The lowest BCUT2D eigenvalue weighted by Crippen LogP contribution is -2.51. The molecule has 0 radical (unpaired) electrons. The number of hydrogen-bond donors (Lipinski definition) is 0. The quantitative estimate of drug-likeness (QED) is 0.583. The van der Waals surface area contributed by atoms with Crippen LogP contribution in [0.5, 0.6) is 5.88 Å². The van der Waals surface area contributed by atoms with E-state index in [9.17, 15) is 30.4 Å². The highest BCUT2D eigenvalue weighted by atomic mass is 32.2. The monoisotopic (exact) mass is 496 g/mol. The molecule has 2 atom stereocenters. The zero-order valence-electron chi connectivity index (χ0n) is 17.4. The number of aromatic nitrogens is 4. The summed E-state index contributed by atoms with van der Waals surface area (Å²) >= 11 is 0. The van der Waals surface area contributed by atoms with E-state index in [1.807, 2.05) is 0 Å². The van der Waals surface area contributed by atoms with Gasteiger partial charge in [-0.2, -0.15) is 17.5 Å². The van der Waals surface area contributed by atoms with Gasteiger partial charge in [-0.1, -0.05) is 0 Å². The summed E-state index contributed by atoms with van der Waals surface area (Å²) in [5, 5.41) is -0.198. The third-order valence-corrected chi connectivity index (χ3v) is 7.41. The summed E-state index contributed by atoms with van der Waals surface area (Å²) in [7, 11) is -2.43. The van der Waals surface area contributed by atoms with E-state index in [2.05, 4.69) is 15.0 Å². The van der Waals surface area contributed by atoms with E-state index >= 15 is 0 Å². The molecule has 0 aliphatic carbocycles. The van der Waals surface area contributed by atoms with Crippen LogP contribution in [-0.2, 0) is 23.2 Å². The van der Waals surface area contributed by atoms with Crippen LogP contribution in [-0.4, -0.2) is 81.4 Å². The molecule has 182 valence electrons. The third kappa shape index (κ3) is 5.09. The smallest absolute Gasteiger partial charge is 0.433 e. The molecular weight excluding hydrogens is 475 g/mol. The fourth-order valence-electron chi connectivity index (χ4n) is 3.94. The minimum absolute atomic E-state index is 0.00736. The maximum absolute atomic E-state index is 13.7. The van der Waals surface area contributed by atoms with Crippen molar-refractivity contribution in [3.05, 3.63) is 30.6 Å². The molecule has 0 unspecified atom stereocenters. The largest absolute Gasteiger partial charge is 0.471 e. The van der Waals surface area contributed by atoms with Crippen molar-refractivity contribution in [1.82, 2.24) is 28.7 Å². The molecule has 2 aromatic heterocycles. The summed E-state index contributed by atoms with van der Waals surface area (Å²) < 4.78 is 101. The van der Waals surface area contributed by atoms with Crippen LogP contribution < -0.4 is 4.74 Å². The Kier molecular flexibility index (Phi) is 6.07. The molecule has 2 aliphatic rings. The van der Waals surface area contributed by atoms with Gasteiger partial charge in [-0.3, -0.25) is 4.90 Å². The van der Waals surface area contributed by atoms with Crippen LogP contribution in [0.1, 0.15) is 18.5 Å². The number of hydrogen-bond acceptors (Lipinski definition) is 7. The van der Waals surface area contributed by atoms with Crippen molar-refractivity contribution in [3.8, 4) is 5.88 Å². The van der Waals surface area contributed by atoms with Gasteiger partial charge < -0.3 is 9.30 Å². The van der Waals surface area contributed by atoms with E-state index < -0.39 is 52.8 Å². The number of ether oxygens (including phenoxy) is 1. The molecule has 0 aromatic carbocycles. The van der Waals surface area contributed by atoms with Gasteiger partial charge in [0.1, 0.15) is 12.4 Å². The van der Waals surface area contributed by atoms with Crippen LogP contribution >= 0.6 is 0 Å². The Morgan fingerprint density at radius 3 is 2.42 bits per heavy atom. The van der Waals surface area contributed by atoms with Crippen LogP contribution in [0.2, 0.25) is 0 Å². The van der Waals surface area contributed by atoms with Crippen molar-refractivity contribution in [1.29, 1.82) is 0 Å². The van der Waals surface area contributed by atoms with Gasteiger partial charge >= 0.3 is 6.18 Å². The number of imidazole rings is 1. The van der Waals surface area contributed by atoms with E-state index in [0.717, 1.165) is 4.31 Å². The second-order valence-electron chi connectivity index (χ2n) is 8.05. The van der Waals surface area contributed by atoms with Crippen molar-refractivity contribution in [2.75, 3.05) is 26.2 Å². The SMILES string of the molecule is Cn1cnc(S(=O)(=O)N2C[C@H](Oc3cc(C(F)(F)F)ncn3)[C@@H](N3CCC(F)(F)CC3)C2)c1. The average molecular weight is 496 g/mol. The van der Waals surface area contributed by atoms with Gasteiger partial charge in [-0.25, -0.2) is 32.2 Å². The van der Waals surface area contributed by atoms with E-state index in [1.54, 1.807) is 11.9 Å². The van der Waals surface area contributed by atoms with Crippen LogP contribution in [0.4, 0.5) is 22.0 Å². The summed E-state index contributed by atoms with van der Waals surface area (Å²) in [6.07, 6.45) is -3.13. The molecule has 2 aromatic rings. The minimum atomic E-state index is -4.72. The Balaban J connectivity index is 1.60. The Labute approximate surface area is 186 Å². The molecule has 0 spiro atoms. The highest BCUT2D eigenvalue weighted by molar-refractivity contribution is 7.89. The molecule has 2 saturated heterocycles. The number of piperidine rings is 1. The lowest BCUT2D eigenvalue weighted by Gasteiger charge is -2.37. The Bertz CT molecular complexity index is 1100. The van der Waals surface area contributed by atoms with Crippen LogP contribution in [0, 0.1) is 0 Å². The van der Waals surface area contributed by atoms with E-state index in [4.69, 9.17) is 4.74 Å². The van der Waals surface area contributed by atoms with Crippen LogP contribution in [0.15, 0.2) is 29.9 Å². The first-order valence-corrected chi connectivity index (χ1v) is 11.4. The van der Waals surface area contributed by atoms with E-state index in [1.165, 1.54) is 17.1 Å². The van der Waals surface area contributed by atoms with Crippen molar-refractivity contribution < 1.29 is 35.1 Å². The zero-order chi connectivity index (χ0) is 24.0. The molecule has 0 amide bonds. The Morgan fingerprint density at radius 2 is 1.82 bits per heavy atom.